The van der Waals surface area contributed by atoms with E-state index in [0.717, 1.165) is 54.0 Å². The van der Waals surface area contributed by atoms with E-state index in [4.69, 9.17) is 9.47 Å². The highest BCUT2D eigenvalue weighted by molar-refractivity contribution is 5.55. The van der Waals surface area contributed by atoms with E-state index in [-0.39, 0.29) is 6.10 Å². The van der Waals surface area contributed by atoms with Gasteiger partial charge in [-0.1, -0.05) is 25.7 Å². The van der Waals surface area contributed by atoms with E-state index in [1.165, 1.54) is 25.0 Å². The van der Waals surface area contributed by atoms with E-state index < -0.39 is 0 Å². The highest BCUT2D eigenvalue weighted by Crippen LogP contribution is 2.27. The Morgan fingerprint density at radius 3 is 2.50 bits per heavy atom. The van der Waals surface area contributed by atoms with Crippen molar-refractivity contribution in [1.82, 2.24) is 16.0 Å². The number of ether oxygens (including phenoxy) is 2. The first-order chi connectivity index (χ1) is 16.2. The Bertz CT molecular complexity index is 871. The molecule has 0 bridgehead atoms. The summed E-state index contributed by atoms with van der Waals surface area (Å²) in [5.41, 5.74) is 11.7. The van der Waals surface area contributed by atoms with Gasteiger partial charge in [-0.2, -0.15) is 0 Å². The standard InChI is InChI=1S/C28H44N4O2/c1-9-29-24(19-23(7)33-21(4)5)16-17-26-28(30-31-32(26)8)22(6)15-18-27(20(2)3)34-25-13-11-10-12-14-25/h9,15,18-19,21,25,30-31H,2,7,10-14,16-17H2,1,3-6,8H3/b22-15+,24-19-,27-18+,29-9?. The van der Waals surface area contributed by atoms with Crippen molar-refractivity contribution >= 4 is 6.21 Å². The molecule has 1 aliphatic carbocycles. The molecule has 0 unspecified atom stereocenters. The molecular weight excluding hydrogens is 424 g/mol. The molecule has 2 aliphatic rings. The minimum atomic E-state index is 0.0892. The van der Waals surface area contributed by atoms with Crippen LogP contribution in [0.1, 0.15) is 79.6 Å². The molecule has 1 heterocycles. The number of nitrogens with zero attached hydrogens (tertiary/aromatic N) is 2. The van der Waals surface area contributed by atoms with Gasteiger partial charge in [0.05, 0.1) is 23.6 Å². The normalized spacial score (nSPS) is 18.7. The first-order valence-corrected chi connectivity index (χ1v) is 12.5. The lowest BCUT2D eigenvalue weighted by Crippen LogP contribution is -2.34. The molecule has 0 atom stereocenters. The number of aliphatic imine (C=N–C) groups is 1. The van der Waals surface area contributed by atoms with Crippen LogP contribution in [0.4, 0.5) is 0 Å². The van der Waals surface area contributed by atoms with Crippen LogP contribution in [0.25, 0.3) is 0 Å². The van der Waals surface area contributed by atoms with Crippen LogP contribution in [0, 0.1) is 0 Å². The fraction of sp³-hybridized carbons (Fsp3) is 0.536. The van der Waals surface area contributed by atoms with Crippen LogP contribution in [0.2, 0.25) is 0 Å². The van der Waals surface area contributed by atoms with Crippen molar-refractivity contribution in [3.05, 3.63) is 71.1 Å². The van der Waals surface area contributed by atoms with Crippen LogP contribution in [-0.4, -0.2) is 30.5 Å². The summed E-state index contributed by atoms with van der Waals surface area (Å²) in [4.78, 5) is 4.52. The summed E-state index contributed by atoms with van der Waals surface area (Å²) in [5, 5.41) is 2.02. The third-order valence-electron chi connectivity index (χ3n) is 5.82. The van der Waals surface area contributed by atoms with Crippen LogP contribution in [0.15, 0.2) is 76.1 Å². The zero-order chi connectivity index (χ0) is 25.1. The molecule has 6 heteroatoms. The van der Waals surface area contributed by atoms with Crippen LogP contribution in [0.3, 0.4) is 0 Å². The molecule has 188 valence electrons. The predicted octanol–water partition coefficient (Wildman–Crippen LogP) is 6.60. The number of hydrogen-bond donors (Lipinski definition) is 2. The second-order valence-corrected chi connectivity index (χ2v) is 9.31. The smallest absolute Gasteiger partial charge is 0.122 e. The third-order valence-corrected chi connectivity index (χ3v) is 5.82. The van der Waals surface area contributed by atoms with Crippen LogP contribution in [-0.2, 0) is 9.47 Å². The topological polar surface area (TPSA) is 58.1 Å². The van der Waals surface area contributed by atoms with Gasteiger partial charge in [0.1, 0.15) is 11.5 Å². The summed E-state index contributed by atoms with van der Waals surface area (Å²) in [6.45, 7) is 18.1. The highest BCUT2D eigenvalue weighted by Gasteiger charge is 2.20. The molecule has 0 amide bonds. The molecular formula is C28H44N4O2. The number of nitrogens with one attached hydrogen (secondary N) is 2. The lowest BCUT2D eigenvalue weighted by Gasteiger charge is -2.24. The lowest BCUT2D eigenvalue weighted by atomic mass is 9.97. The van der Waals surface area contributed by atoms with Gasteiger partial charge in [-0.25, -0.2) is 0 Å². The van der Waals surface area contributed by atoms with Gasteiger partial charge in [-0.15, -0.1) is 5.53 Å². The first kappa shape index (κ1) is 27.5. The average Bonchev–Trinajstić information content (AvgIpc) is 3.15. The summed E-state index contributed by atoms with van der Waals surface area (Å²) in [5.74, 6) is 1.51. The molecule has 1 aliphatic heterocycles. The summed E-state index contributed by atoms with van der Waals surface area (Å²) < 4.78 is 12.0. The zero-order valence-electron chi connectivity index (χ0n) is 22.0. The molecule has 1 saturated carbocycles. The summed E-state index contributed by atoms with van der Waals surface area (Å²) in [7, 11) is 2.01. The zero-order valence-corrected chi connectivity index (χ0v) is 22.0. The SMILES string of the molecule is C=C(/C=C(/CCC1=C(/C(C)=C/C=C(/OC2CCCCC2)C(=C)C)NNN1C)N=CC)OC(C)C. The van der Waals surface area contributed by atoms with Crippen molar-refractivity contribution in [2.24, 2.45) is 4.99 Å². The fourth-order valence-corrected chi connectivity index (χ4v) is 4.10. The maximum Gasteiger partial charge on any atom is 0.122 e. The number of allylic oxidation sites excluding steroid dienone is 7. The number of rotatable bonds is 12. The van der Waals surface area contributed by atoms with Crippen LogP contribution >= 0.6 is 0 Å². The van der Waals surface area contributed by atoms with E-state index in [1.54, 1.807) is 6.21 Å². The average molecular weight is 469 g/mol. The second kappa shape index (κ2) is 13.9. The van der Waals surface area contributed by atoms with E-state index in [0.29, 0.717) is 11.9 Å². The van der Waals surface area contributed by atoms with Crippen molar-refractivity contribution in [2.75, 3.05) is 7.05 Å². The molecule has 2 rings (SSSR count). The monoisotopic (exact) mass is 468 g/mol. The third kappa shape index (κ3) is 8.90. The largest absolute Gasteiger partial charge is 0.492 e. The van der Waals surface area contributed by atoms with Gasteiger partial charge >= 0.3 is 0 Å². The van der Waals surface area contributed by atoms with E-state index in [2.05, 4.69) is 48.2 Å². The maximum atomic E-state index is 6.30. The second-order valence-electron chi connectivity index (χ2n) is 9.31. The minimum Gasteiger partial charge on any atom is -0.492 e. The van der Waals surface area contributed by atoms with Crippen molar-refractivity contribution in [3.63, 3.8) is 0 Å². The molecule has 0 saturated heterocycles. The molecule has 0 aromatic carbocycles. The molecule has 0 spiro atoms. The molecule has 2 N–H and O–H groups in total. The predicted molar refractivity (Wildman–Crippen MR) is 143 cm³/mol. The molecule has 0 radical (unpaired) electrons. The van der Waals surface area contributed by atoms with Crippen LogP contribution in [0.5, 0.6) is 0 Å². The Hall–Kier alpha value is -2.73. The van der Waals surface area contributed by atoms with Crippen molar-refractivity contribution in [2.45, 2.75) is 91.8 Å². The minimum absolute atomic E-state index is 0.0892. The van der Waals surface area contributed by atoms with E-state index in [9.17, 15) is 0 Å². The highest BCUT2D eigenvalue weighted by atomic mass is 16.5. The molecule has 0 aromatic heterocycles. The molecule has 1 fully saturated rings. The quantitative estimate of drug-likeness (QED) is 0.192. The Labute approximate surface area is 206 Å². The van der Waals surface area contributed by atoms with Gasteiger partial charge in [0, 0.05) is 25.0 Å². The number of hydrogen-bond acceptors (Lipinski definition) is 6. The van der Waals surface area contributed by atoms with Crippen LogP contribution < -0.4 is 11.0 Å². The van der Waals surface area contributed by atoms with Crippen molar-refractivity contribution in [1.29, 1.82) is 0 Å². The van der Waals surface area contributed by atoms with Gasteiger partial charge in [-0.3, -0.25) is 10.0 Å². The maximum absolute atomic E-state index is 6.30. The lowest BCUT2D eigenvalue weighted by molar-refractivity contribution is 0.0876. The Balaban J connectivity index is 2.17. The van der Waals surface area contributed by atoms with E-state index >= 15 is 0 Å². The molecule has 0 aromatic rings. The van der Waals surface area contributed by atoms with Gasteiger partial charge in [0.2, 0.25) is 0 Å². The van der Waals surface area contributed by atoms with E-state index in [1.807, 2.05) is 45.8 Å². The summed E-state index contributed by atoms with van der Waals surface area (Å²) in [6.07, 6.45) is 15.9. The Morgan fingerprint density at radius 2 is 1.88 bits per heavy atom. The summed E-state index contributed by atoms with van der Waals surface area (Å²) in [6, 6.07) is 0. The van der Waals surface area contributed by atoms with Gasteiger partial charge in [-0.05, 0) is 90.4 Å². The first-order valence-electron chi connectivity index (χ1n) is 12.5. The van der Waals surface area contributed by atoms with Gasteiger partial charge < -0.3 is 14.9 Å². The Kier molecular flexibility index (Phi) is 11.2. The van der Waals surface area contributed by atoms with Gasteiger partial charge in [0.15, 0.2) is 0 Å². The number of hydrazine groups is 2. The fourth-order valence-electron chi connectivity index (χ4n) is 4.10. The van der Waals surface area contributed by atoms with Gasteiger partial charge in [0.25, 0.3) is 0 Å². The molecule has 34 heavy (non-hydrogen) atoms. The van der Waals surface area contributed by atoms with Crippen molar-refractivity contribution in [3.8, 4) is 0 Å². The summed E-state index contributed by atoms with van der Waals surface area (Å²) >= 11 is 0. The van der Waals surface area contributed by atoms with Crippen molar-refractivity contribution < 1.29 is 9.47 Å². The molecule has 6 nitrogen and oxygen atoms in total. The Morgan fingerprint density at radius 1 is 1.18 bits per heavy atom.